The van der Waals surface area contributed by atoms with Gasteiger partial charge in [0.05, 0.1) is 41.1 Å². The minimum atomic E-state index is -0.652. The summed E-state index contributed by atoms with van der Waals surface area (Å²) in [5, 5.41) is 0.179. The third-order valence-electron chi connectivity index (χ3n) is 5.62. The van der Waals surface area contributed by atoms with Crippen molar-refractivity contribution in [3.8, 4) is 0 Å². The molecule has 0 spiro atoms. The van der Waals surface area contributed by atoms with E-state index in [1.807, 2.05) is 0 Å². The maximum absolute atomic E-state index is 13.9. The van der Waals surface area contributed by atoms with E-state index in [0.717, 1.165) is 6.07 Å². The number of aryl methyl sites for hydroxylation is 2. The molecule has 1 aromatic heterocycles. The lowest BCUT2D eigenvalue weighted by molar-refractivity contribution is -0.138. The molecule has 2 amide bonds. The first-order chi connectivity index (χ1) is 16.1. The zero-order chi connectivity index (χ0) is 24.7. The number of esters is 1. The Morgan fingerprint density at radius 2 is 1.79 bits per heavy atom. The van der Waals surface area contributed by atoms with Gasteiger partial charge in [-0.15, -0.1) is 0 Å². The number of aromatic nitrogens is 2. The van der Waals surface area contributed by atoms with Gasteiger partial charge in [-0.25, -0.2) is 18.8 Å². The molecule has 2 aromatic carbocycles. The van der Waals surface area contributed by atoms with E-state index in [-0.39, 0.29) is 35.1 Å². The van der Waals surface area contributed by atoms with E-state index in [0.29, 0.717) is 22.3 Å². The molecule has 8 nitrogen and oxygen atoms in total. The summed E-state index contributed by atoms with van der Waals surface area (Å²) in [6, 6.07) is 8.50. The Balaban J connectivity index is 1.82. The highest BCUT2D eigenvalue weighted by Gasteiger charge is 2.34. The van der Waals surface area contributed by atoms with Gasteiger partial charge in [0.15, 0.2) is 0 Å². The van der Waals surface area contributed by atoms with E-state index in [1.54, 1.807) is 39.2 Å². The second-order valence-electron chi connectivity index (χ2n) is 7.80. The lowest BCUT2D eigenvalue weighted by Gasteiger charge is -2.35. The van der Waals surface area contributed by atoms with Gasteiger partial charge in [0.25, 0.3) is 0 Å². The first-order valence-electron chi connectivity index (χ1n) is 10.4. The molecule has 0 saturated carbocycles. The van der Waals surface area contributed by atoms with Crippen LogP contribution in [0.3, 0.4) is 0 Å². The summed E-state index contributed by atoms with van der Waals surface area (Å²) in [5.74, 6) is -1.20. The van der Waals surface area contributed by atoms with Crippen molar-refractivity contribution in [3.05, 3.63) is 87.3 Å². The van der Waals surface area contributed by atoms with Gasteiger partial charge in [0.2, 0.25) is 0 Å². The Bertz CT molecular complexity index is 1420. The molecule has 0 aliphatic carbocycles. The molecule has 4 rings (SSSR count). The maximum atomic E-state index is 13.9. The van der Waals surface area contributed by atoms with Crippen molar-refractivity contribution in [2.45, 2.75) is 13.5 Å². The molecule has 1 aliphatic rings. The van der Waals surface area contributed by atoms with Gasteiger partial charge >= 0.3 is 17.7 Å². The Morgan fingerprint density at radius 1 is 1.09 bits per heavy atom. The number of ether oxygens (including phenoxy) is 1. The van der Waals surface area contributed by atoms with Crippen LogP contribution in [-0.4, -0.2) is 32.6 Å². The second-order valence-corrected chi connectivity index (χ2v) is 8.24. The van der Waals surface area contributed by atoms with E-state index >= 15 is 0 Å². The number of halogens is 2. The molecule has 0 atom stereocenters. The minimum absolute atomic E-state index is 0.0749. The summed E-state index contributed by atoms with van der Waals surface area (Å²) in [6.07, 6.45) is 1.36. The molecule has 0 bridgehead atoms. The first-order valence-corrected chi connectivity index (χ1v) is 10.8. The van der Waals surface area contributed by atoms with Crippen molar-refractivity contribution >= 4 is 40.3 Å². The molecule has 0 N–H and O–H groups in total. The van der Waals surface area contributed by atoms with Crippen LogP contribution in [0.1, 0.15) is 12.5 Å². The number of nitrogens with zero attached hydrogens (tertiary/aromatic N) is 4. The fraction of sp³-hybridized carbons (Fsp3) is 0.208. The molecule has 0 fully saturated rings. The number of carbonyl (C=O) groups is 2. The third kappa shape index (κ3) is 3.99. The highest BCUT2D eigenvalue weighted by Crippen LogP contribution is 2.31. The number of imidazole rings is 1. The normalized spacial score (nSPS) is 14.1. The van der Waals surface area contributed by atoms with Gasteiger partial charge in [-0.1, -0.05) is 18.2 Å². The van der Waals surface area contributed by atoms with E-state index in [2.05, 4.69) is 6.58 Å². The Labute approximate surface area is 199 Å². The van der Waals surface area contributed by atoms with E-state index in [1.165, 1.54) is 37.3 Å². The number of hydrogen-bond donors (Lipinski definition) is 0. The highest BCUT2D eigenvalue weighted by molar-refractivity contribution is 6.30. The lowest BCUT2D eigenvalue weighted by Crippen LogP contribution is -2.45. The first kappa shape index (κ1) is 23.3. The second kappa shape index (κ2) is 8.83. The van der Waals surface area contributed by atoms with Crippen LogP contribution in [0.4, 0.5) is 14.9 Å². The van der Waals surface area contributed by atoms with Crippen LogP contribution in [-0.2, 0) is 30.2 Å². The SMILES string of the molecule is C=C1C(C(=O)OCC)=CN(c2ccc3c(c2)n(C)c(=O)n3C)C(=O)N1Cc1cc(F)cc(Cl)c1. The van der Waals surface area contributed by atoms with Crippen LogP contribution in [0, 0.1) is 5.82 Å². The molecule has 1 aliphatic heterocycles. The molecule has 0 unspecified atom stereocenters. The van der Waals surface area contributed by atoms with Gasteiger partial charge in [-0.05, 0) is 48.9 Å². The molecular formula is C24H22ClFN4O4. The Kier molecular flexibility index (Phi) is 6.05. The number of fused-ring (bicyclic) bond motifs is 1. The third-order valence-corrected chi connectivity index (χ3v) is 5.84. The summed E-state index contributed by atoms with van der Waals surface area (Å²) in [6.45, 7) is 5.64. The molecule has 34 heavy (non-hydrogen) atoms. The van der Waals surface area contributed by atoms with Gasteiger partial charge < -0.3 is 4.74 Å². The molecule has 176 valence electrons. The fourth-order valence-corrected chi connectivity index (χ4v) is 4.15. The maximum Gasteiger partial charge on any atom is 0.341 e. The van der Waals surface area contributed by atoms with Crippen molar-refractivity contribution < 1.29 is 18.7 Å². The predicted octanol–water partition coefficient (Wildman–Crippen LogP) is 4.07. The number of rotatable bonds is 5. The fourth-order valence-electron chi connectivity index (χ4n) is 3.91. The summed E-state index contributed by atoms with van der Waals surface area (Å²) in [7, 11) is 3.29. The van der Waals surface area contributed by atoms with Gasteiger partial charge in [0.1, 0.15) is 5.82 Å². The van der Waals surface area contributed by atoms with Crippen molar-refractivity contribution in [2.24, 2.45) is 14.1 Å². The van der Waals surface area contributed by atoms with Gasteiger partial charge in [-0.2, -0.15) is 0 Å². The average molecular weight is 485 g/mol. The van der Waals surface area contributed by atoms with Crippen LogP contribution in [0.2, 0.25) is 5.02 Å². The van der Waals surface area contributed by atoms with E-state index in [9.17, 15) is 18.8 Å². The summed E-state index contributed by atoms with van der Waals surface area (Å²) in [4.78, 5) is 41.0. The highest BCUT2D eigenvalue weighted by atomic mass is 35.5. The van der Waals surface area contributed by atoms with Crippen LogP contribution >= 0.6 is 11.6 Å². The average Bonchev–Trinajstić information content (AvgIpc) is 3.00. The number of anilines is 1. The Hall–Kier alpha value is -3.85. The zero-order valence-corrected chi connectivity index (χ0v) is 19.6. The number of amides is 2. The van der Waals surface area contributed by atoms with Crippen molar-refractivity contribution in [1.82, 2.24) is 14.0 Å². The standard InChI is InChI=1S/C24H22ClFN4O4/c1-5-34-22(31)19-13-30(18-6-7-20-21(11-18)28(4)23(32)27(20)3)24(33)29(14(19)2)12-15-8-16(25)10-17(26)9-15/h6-11,13H,2,5,12H2,1,3-4H3. The molecule has 10 heteroatoms. The number of hydrogen-bond acceptors (Lipinski definition) is 4. The van der Waals surface area contributed by atoms with Crippen molar-refractivity contribution in [2.75, 3.05) is 11.5 Å². The molecule has 0 saturated heterocycles. The summed E-state index contributed by atoms with van der Waals surface area (Å²) < 4.78 is 22.0. The molecule has 0 radical (unpaired) electrons. The Morgan fingerprint density at radius 3 is 2.47 bits per heavy atom. The molecular weight excluding hydrogens is 463 g/mol. The van der Waals surface area contributed by atoms with E-state index < -0.39 is 17.8 Å². The molecule has 3 aromatic rings. The quantitative estimate of drug-likeness (QED) is 0.511. The number of carbonyl (C=O) groups excluding carboxylic acids is 2. The summed E-state index contributed by atoms with van der Waals surface area (Å²) >= 11 is 5.98. The van der Waals surface area contributed by atoms with Gasteiger partial charge in [0, 0.05) is 25.3 Å². The van der Waals surface area contributed by atoms with Crippen molar-refractivity contribution in [1.29, 1.82) is 0 Å². The van der Waals surface area contributed by atoms with Crippen LogP contribution in [0.15, 0.2) is 65.2 Å². The molecule has 2 heterocycles. The lowest BCUT2D eigenvalue weighted by atomic mass is 10.1. The zero-order valence-electron chi connectivity index (χ0n) is 18.8. The number of urea groups is 1. The topological polar surface area (TPSA) is 76.8 Å². The summed E-state index contributed by atoms with van der Waals surface area (Å²) in [5.41, 5.74) is 2.13. The minimum Gasteiger partial charge on any atom is -0.462 e. The van der Waals surface area contributed by atoms with Gasteiger partial charge in [-0.3, -0.25) is 18.9 Å². The monoisotopic (exact) mass is 484 g/mol. The smallest absolute Gasteiger partial charge is 0.341 e. The predicted molar refractivity (Wildman–Crippen MR) is 127 cm³/mol. The van der Waals surface area contributed by atoms with Crippen LogP contribution in [0.25, 0.3) is 11.0 Å². The van der Waals surface area contributed by atoms with E-state index in [4.69, 9.17) is 16.3 Å². The number of benzene rings is 2. The van der Waals surface area contributed by atoms with Crippen LogP contribution in [0.5, 0.6) is 0 Å². The largest absolute Gasteiger partial charge is 0.462 e. The van der Waals surface area contributed by atoms with Crippen molar-refractivity contribution in [3.63, 3.8) is 0 Å². The van der Waals surface area contributed by atoms with Crippen LogP contribution < -0.4 is 10.6 Å².